The van der Waals surface area contributed by atoms with Crippen LogP contribution in [0.15, 0.2) is 413 Å². The average Bonchev–Trinajstić information content (AvgIpc) is 1.54. The van der Waals surface area contributed by atoms with Gasteiger partial charge in [0.25, 0.3) is 0 Å². The van der Waals surface area contributed by atoms with Gasteiger partial charge in [0, 0.05) is 83.3 Å². The molecule has 0 amide bonds. The van der Waals surface area contributed by atoms with Gasteiger partial charge >= 0.3 is 0 Å². The molecule has 0 atom stereocenters. The molecule has 4 heteroatoms. The Labute approximate surface area is 695 Å². The molecule has 2 aromatic heterocycles. The van der Waals surface area contributed by atoms with E-state index in [1.807, 2.05) is 0 Å². The second kappa shape index (κ2) is 27.8. The van der Waals surface area contributed by atoms with Crippen molar-refractivity contribution in [2.24, 2.45) is 0 Å². The molecule has 119 heavy (non-hydrogen) atoms. The van der Waals surface area contributed by atoms with Crippen molar-refractivity contribution in [3.63, 3.8) is 0 Å². The minimum Gasteiger partial charge on any atom is -0.310 e. The minimum atomic E-state index is -0.174. The Bertz CT molecular complexity index is 7370. The highest BCUT2D eigenvalue weighted by Crippen LogP contribution is 2.57. The molecule has 0 saturated heterocycles. The molecule has 20 aromatic rings. The summed E-state index contributed by atoms with van der Waals surface area (Å²) in [5.41, 5.74) is 39.7. The summed E-state index contributed by atoms with van der Waals surface area (Å²) in [4.78, 5) is 4.76. The van der Waals surface area contributed by atoms with E-state index in [-0.39, 0.29) is 16.2 Å². The van der Waals surface area contributed by atoms with Gasteiger partial charge in [-0.15, -0.1) is 0 Å². The van der Waals surface area contributed by atoms with Gasteiger partial charge in [0.05, 0.1) is 22.1 Å². The van der Waals surface area contributed by atoms with Crippen molar-refractivity contribution in [3.05, 3.63) is 446 Å². The summed E-state index contributed by atoms with van der Waals surface area (Å²) >= 11 is 0. The Kier molecular flexibility index (Phi) is 16.6. The lowest BCUT2D eigenvalue weighted by Crippen LogP contribution is -2.16. The van der Waals surface area contributed by atoms with Crippen LogP contribution in [0.4, 0.5) is 34.1 Å². The molecule has 0 aliphatic heterocycles. The lowest BCUT2D eigenvalue weighted by atomic mass is 9.81. The van der Waals surface area contributed by atoms with E-state index < -0.39 is 0 Å². The van der Waals surface area contributed by atoms with Crippen molar-refractivity contribution in [1.29, 1.82) is 0 Å². The summed E-state index contributed by atoms with van der Waals surface area (Å²) in [7, 11) is 0. The second-order valence-electron chi connectivity index (χ2n) is 33.9. The lowest BCUT2D eigenvalue weighted by molar-refractivity contribution is 0.660. The third-order valence-corrected chi connectivity index (χ3v) is 26.1. The Hall–Kier alpha value is -14.6. The molecule has 0 fully saturated rings. The van der Waals surface area contributed by atoms with Gasteiger partial charge < -0.3 is 18.9 Å². The molecule has 3 aliphatic carbocycles. The standard InChI is InChI=1S/C66H50N2.C49H36N2/c1-65(2)59-21-13-11-19-53(59)55-37-36-52(42-61(55)65)67(49-30-23-45(24-31-49)43-15-7-5-8-16-43)50-32-27-47(28-33-50)48-29-40-62-58(41-48)57-39-38-56-54-20-12-14-22-60(54)66(3,4)63(56)64(57)68(62)51-34-25-46(26-35-51)44-17-9-6-10-18-44;1-49(2)45-20-12-11-19-41(45)42-28-29-43-44-32-36(24-30-46(44)51(48(43)47(42)49)38-17-7-4-8-18-38)34-21-25-39(26-22-34)50(37-15-5-3-6-16-37)40-27-23-33-13-9-10-14-35(33)31-40/h5-42H,1-4H3;3-32H,1-2H3. The maximum absolute atomic E-state index is 2.52. The first-order valence-electron chi connectivity index (χ1n) is 41.7. The number of nitrogens with zero attached hydrogens (tertiary/aromatic N) is 4. The summed E-state index contributed by atoms with van der Waals surface area (Å²) in [6.07, 6.45) is 0. The summed E-state index contributed by atoms with van der Waals surface area (Å²) in [5.74, 6) is 0. The van der Waals surface area contributed by atoms with E-state index in [1.165, 1.54) is 171 Å². The van der Waals surface area contributed by atoms with Crippen LogP contribution in [0.25, 0.3) is 144 Å². The highest BCUT2D eigenvalue weighted by Gasteiger charge is 2.41. The predicted octanol–water partition coefficient (Wildman–Crippen LogP) is 31.2. The molecule has 18 aromatic carbocycles. The number of hydrogen-bond donors (Lipinski definition) is 0. The normalized spacial score (nSPS) is 13.5. The Balaban J connectivity index is 0.000000149. The van der Waals surface area contributed by atoms with Gasteiger partial charge in [0.2, 0.25) is 0 Å². The van der Waals surface area contributed by atoms with Gasteiger partial charge in [-0.25, -0.2) is 0 Å². The Morgan fingerprint density at radius 1 is 0.193 bits per heavy atom. The van der Waals surface area contributed by atoms with Crippen LogP contribution in [-0.2, 0) is 16.2 Å². The van der Waals surface area contributed by atoms with E-state index in [4.69, 9.17) is 0 Å². The van der Waals surface area contributed by atoms with Crippen LogP contribution in [0, 0.1) is 0 Å². The zero-order valence-corrected chi connectivity index (χ0v) is 67.5. The second-order valence-corrected chi connectivity index (χ2v) is 33.9. The molecule has 0 saturated carbocycles. The van der Waals surface area contributed by atoms with E-state index in [1.54, 1.807) is 0 Å². The fourth-order valence-corrected chi connectivity index (χ4v) is 20.3. The van der Waals surface area contributed by atoms with Crippen LogP contribution >= 0.6 is 0 Å². The SMILES string of the molecule is CC1(C)c2ccccc2-c2ccc(N(c3ccc(-c4ccccc4)cc3)c3ccc(-c4ccc5c(c4)c4ccc6c(c4n5-c4ccc(-c5ccccc5)cc4)C(C)(C)c4ccccc4-6)cc3)cc21.CC1(C)c2ccccc2-c2ccc3c4cc(-c5ccc(N(c6ccccc6)c6ccc7ccccc7c6)cc5)ccc4n(-c4ccccc4)c3c21. The van der Waals surface area contributed by atoms with Gasteiger partial charge in [-0.2, -0.15) is 0 Å². The number of anilines is 6. The molecule has 0 spiro atoms. The van der Waals surface area contributed by atoms with Crippen LogP contribution in [0.3, 0.4) is 0 Å². The molecule has 4 nitrogen and oxygen atoms in total. The van der Waals surface area contributed by atoms with Crippen LogP contribution in [0.5, 0.6) is 0 Å². The van der Waals surface area contributed by atoms with Crippen molar-refractivity contribution in [2.75, 3.05) is 9.80 Å². The van der Waals surface area contributed by atoms with Crippen LogP contribution in [0.2, 0.25) is 0 Å². The smallest absolute Gasteiger partial charge is 0.0588 e. The molecule has 2 heterocycles. The zero-order valence-electron chi connectivity index (χ0n) is 67.5. The monoisotopic (exact) mass is 1520 g/mol. The van der Waals surface area contributed by atoms with Crippen LogP contribution < -0.4 is 9.80 Å². The summed E-state index contributed by atoms with van der Waals surface area (Å²) < 4.78 is 5.02. The van der Waals surface area contributed by atoms with Crippen molar-refractivity contribution < 1.29 is 0 Å². The molecule has 0 radical (unpaired) electrons. The van der Waals surface area contributed by atoms with E-state index in [9.17, 15) is 0 Å². The maximum atomic E-state index is 2.52. The number of para-hydroxylation sites is 2. The lowest BCUT2D eigenvalue weighted by Gasteiger charge is -2.28. The third kappa shape index (κ3) is 11.6. The van der Waals surface area contributed by atoms with E-state index >= 15 is 0 Å². The minimum absolute atomic E-state index is 0.109. The Morgan fingerprint density at radius 3 is 0.992 bits per heavy atom. The van der Waals surface area contributed by atoms with Gasteiger partial charge in [0.15, 0.2) is 0 Å². The quantitative estimate of drug-likeness (QED) is 0.121. The predicted molar refractivity (Wildman–Crippen MR) is 503 cm³/mol. The van der Waals surface area contributed by atoms with Crippen molar-refractivity contribution >= 4 is 88.5 Å². The van der Waals surface area contributed by atoms with Crippen LogP contribution in [-0.4, -0.2) is 9.13 Å². The molecule has 0 unspecified atom stereocenters. The molecular weight excluding hydrogens is 1440 g/mol. The van der Waals surface area contributed by atoms with Crippen molar-refractivity contribution in [3.8, 4) is 89.3 Å². The van der Waals surface area contributed by atoms with Crippen LogP contribution in [0.1, 0.15) is 74.9 Å². The van der Waals surface area contributed by atoms with Crippen molar-refractivity contribution in [1.82, 2.24) is 9.13 Å². The summed E-state index contributed by atoms with van der Waals surface area (Å²) in [5, 5.41) is 7.56. The first-order chi connectivity index (χ1) is 58.3. The fourth-order valence-electron chi connectivity index (χ4n) is 20.3. The molecule has 0 bridgehead atoms. The van der Waals surface area contributed by atoms with Crippen molar-refractivity contribution in [2.45, 2.75) is 57.8 Å². The number of rotatable bonds is 12. The Morgan fingerprint density at radius 2 is 0.513 bits per heavy atom. The maximum Gasteiger partial charge on any atom is 0.0588 e. The number of fused-ring (bicyclic) bond motifs is 18. The van der Waals surface area contributed by atoms with E-state index in [0.29, 0.717) is 0 Å². The van der Waals surface area contributed by atoms with Gasteiger partial charge in [0.1, 0.15) is 0 Å². The van der Waals surface area contributed by atoms with E-state index in [0.717, 1.165) is 39.8 Å². The highest BCUT2D eigenvalue weighted by molar-refractivity contribution is 6.16. The fraction of sp³-hybridized carbons (Fsp3) is 0.0783. The number of benzene rings is 18. The summed E-state index contributed by atoms with van der Waals surface area (Å²) in [6, 6.07) is 152. The summed E-state index contributed by atoms with van der Waals surface area (Å²) in [6.45, 7) is 14.3. The number of hydrogen-bond acceptors (Lipinski definition) is 2. The first-order valence-corrected chi connectivity index (χ1v) is 41.7. The highest BCUT2D eigenvalue weighted by atomic mass is 15.1. The third-order valence-electron chi connectivity index (χ3n) is 26.1. The van der Waals surface area contributed by atoms with Gasteiger partial charge in [-0.05, 0) is 243 Å². The molecule has 3 aliphatic rings. The molecule has 23 rings (SSSR count). The number of aromatic nitrogens is 2. The first kappa shape index (κ1) is 71.0. The van der Waals surface area contributed by atoms with E-state index in [2.05, 4.69) is 473 Å². The zero-order chi connectivity index (χ0) is 79.8. The van der Waals surface area contributed by atoms with Gasteiger partial charge in [-0.1, -0.05) is 333 Å². The molecular formula is C115H86N4. The van der Waals surface area contributed by atoms with Gasteiger partial charge in [-0.3, -0.25) is 0 Å². The average molecular weight is 1520 g/mol. The largest absolute Gasteiger partial charge is 0.310 e. The molecule has 566 valence electrons. The topological polar surface area (TPSA) is 16.3 Å². The molecule has 0 N–H and O–H groups in total.